The molecule has 3 rings (SSSR count). The number of benzene rings is 3. The first-order valence-corrected chi connectivity index (χ1v) is 8.95. The molecule has 0 unspecified atom stereocenters. The molecule has 0 amide bonds. The quantitative estimate of drug-likeness (QED) is 0.432. The monoisotopic (exact) mass is 422 g/mol. The Morgan fingerprint density at radius 3 is 1.89 bits per heavy atom. The van der Waals surface area contributed by atoms with Gasteiger partial charge >= 0.3 is 11.9 Å². The number of carbonyl (C=O) groups is 2. The lowest BCUT2D eigenvalue weighted by Gasteiger charge is -2.18. The minimum atomic E-state index is -0.540. The first-order chi connectivity index (χ1) is 13.5. The van der Waals surface area contributed by atoms with Gasteiger partial charge in [0.15, 0.2) is 13.2 Å². The van der Waals surface area contributed by atoms with Crippen LogP contribution in [0.1, 0.15) is 0 Å². The molecule has 0 aromatic heterocycles. The van der Waals surface area contributed by atoms with Crippen molar-refractivity contribution < 1.29 is 28.5 Å². The molecule has 0 bridgehead atoms. The van der Waals surface area contributed by atoms with E-state index >= 15 is 0 Å². The van der Waals surface area contributed by atoms with E-state index in [2.05, 4.69) is 9.47 Å². The number of carbonyl (C=O) groups excluding carboxylic acids is 2. The Morgan fingerprint density at radius 1 is 0.786 bits per heavy atom. The van der Waals surface area contributed by atoms with Gasteiger partial charge in [0.2, 0.25) is 0 Å². The Hall–Kier alpha value is -2.70. The van der Waals surface area contributed by atoms with Crippen LogP contribution in [0.25, 0.3) is 21.5 Å². The van der Waals surface area contributed by atoms with Crippen molar-refractivity contribution in [3.05, 3.63) is 46.4 Å². The van der Waals surface area contributed by atoms with Gasteiger partial charge in [0.25, 0.3) is 0 Å². The minimum absolute atomic E-state index is 0.243. The Labute approximate surface area is 170 Å². The first-order valence-electron chi connectivity index (χ1n) is 8.19. The molecule has 0 heterocycles. The summed E-state index contributed by atoms with van der Waals surface area (Å²) in [6.45, 7) is -0.584. The summed E-state index contributed by atoms with van der Waals surface area (Å²) < 4.78 is 20.8. The molecule has 3 aromatic rings. The van der Waals surface area contributed by atoms with Crippen LogP contribution in [-0.2, 0) is 19.1 Å². The van der Waals surface area contributed by atoms with Crippen molar-refractivity contribution in [2.24, 2.45) is 0 Å². The predicted octanol–water partition coefficient (Wildman–Crippen LogP) is 4.40. The smallest absolute Gasteiger partial charge is 0.343 e. The molecule has 8 heteroatoms. The van der Waals surface area contributed by atoms with E-state index in [9.17, 15) is 9.59 Å². The maximum atomic E-state index is 11.6. The van der Waals surface area contributed by atoms with Crippen molar-refractivity contribution in [3.63, 3.8) is 0 Å². The van der Waals surface area contributed by atoms with Crippen LogP contribution in [-0.4, -0.2) is 39.4 Å². The number of esters is 2. The van der Waals surface area contributed by atoms with Crippen LogP contribution in [0.2, 0.25) is 10.0 Å². The second kappa shape index (κ2) is 8.54. The number of ether oxygens (including phenoxy) is 4. The fourth-order valence-corrected chi connectivity index (χ4v) is 3.21. The molecule has 0 fully saturated rings. The van der Waals surface area contributed by atoms with Gasteiger partial charge in [-0.25, -0.2) is 9.59 Å². The molecular weight excluding hydrogens is 407 g/mol. The van der Waals surface area contributed by atoms with E-state index in [1.54, 1.807) is 18.2 Å². The second-order valence-corrected chi connectivity index (χ2v) is 6.50. The summed E-state index contributed by atoms with van der Waals surface area (Å²) >= 11 is 12.7. The van der Waals surface area contributed by atoms with Gasteiger partial charge in [-0.2, -0.15) is 0 Å². The Bertz CT molecular complexity index is 1060. The van der Waals surface area contributed by atoms with Crippen molar-refractivity contribution in [2.75, 3.05) is 27.4 Å². The van der Waals surface area contributed by atoms with E-state index < -0.39 is 11.9 Å². The molecule has 0 aliphatic carbocycles. The lowest BCUT2D eigenvalue weighted by molar-refractivity contribution is -0.143. The third-order valence-corrected chi connectivity index (χ3v) is 4.91. The zero-order chi connectivity index (χ0) is 20.3. The first kappa shape index (κ1) is 20.0. The highest BCUT2D eigenvalue weighted by Gasteiger charge is 2.21. The summed E-state index contributed by atoms with van der Waals surface area (Å²) in [7, 11) is 2.55. The summed E-state index contributed by atoms with van der Waals surface area (Å²) in [5.41, 5.74) is 0. The van der Waals surface area contributed by atoms with Crippen molar-refractivity contribution >= 4 is 56.7 Å². The van der Waals surface area contributed by atoms with Crippen LogP contribution < -0.4 is 9.47 Å². The molecular formula is C20H16Cl2O6. The number of halogens is 2. The fourth-order valence-electron chi connectivity index (χ4n) is 2.81. The van der Waals surface area contributed by atoms with Crippen molar-refractivity contribution in [1.82, 2.24) is 0 Å². The molecule has 28 heavy (non-hydrogen) atoms. The molecule has 0 N–H and O–H groups in total. The minimum Gasteiger partial charge on any atom is -0.481 e. The Balaban J connectivity index is 2.29. The summed E-state index contributed by atoms with van der Waals surface area (Å²) in [6.07, 6.45) is 0. The van der Waals surface area contributed by atoms with Crippen LogP contribution in [0.15, 0.2) is 36.4 Å². The van der Waals surface area contributed by atoms with Crippen molar-refractivity contribution in [3.8, 4) is 11.5 Å². The van der Waals surface area contributed by atoms with Crippen LogP contribution in [0, 0.1) is 0 Å². The Morgan fingerprint density at radius 2 is 1.32 bits per heavy atom. The maximum Gasteiger partial charge on any atom is 0.343 e. The fraction of sp³-hybridized carbons (Fsp3) is 0.200. The highest BCUT2D eigenvalue weighted by molar-refractivity contribution is 6.46. The van der Waals surface area contributed by atoms with Crippen LogP contribution in [0.5, 0.6) is 11.5 Å². The molecule has 0 saturated heterocycles. The highest BCUT2D eigenvalue weighted by atomic mass is 35.5. The predicted molar refractivity (Wildman–Crippen MR) is 106 cm³/mol. The summed E-state index contributed by atoms with van der Waals surface area (Å²) in [5.74, 6) is -0.265. The number of hydrogen-bond acceptors (Lipinski definition) is 6. The average Bonchev–Trinajstić information content (AvgIpc) is 2.72. The normalized spacial score (nSPS) is 10.7. The van der Waals surface area contributed by atoms with Gasteiger partial charge in [-0.3, -0.25) is 0 Å². The van der Waals surface area contributed by atoms with Crippen LogP contribution in [0.4, 0.5) is 0 Å². The molecule has 0 aliphatic heterocycles. The van der Waals surface area contributed by atoms with Gasteiger partial charge in [0.1, 0.15) is 11.5 Å². The lowest BCUT2D eigenvalue weighted by Crippen LogP contribution is -2.14. The molecule has 0 aliphatic rings. The lowest BCUT2D eigenvalue weighted by atomic mass is 10.0. The Kier molecular flexibility index (Phi) is 6.11. The van der Waals surface area contributed by atoms with E-state index in [4.69, 9.17) is 32.7 Å². The van der Waals surface area contributed by atoms with Gasteiger partial charge in [-0.1, -0.05) is 47.5 Å². The third kappa shape index (κ3) is 3.79. The molecule has 0 radical (unpaired) electrons. The van der Waals surface area contributed by atoms with E-state index in [0.29, 0.717) is 38.1 Å². The van der Waals surface area contributed by atoms with E-state index in [0.717, 1.165) is 0 Å². The number of rotatable bonds is 6. The van der Waals surface area contributed by atoms with Crippen molar-refractivity contribution in [1.29, 1.82) is 0 Å². The number of hydrogen-bond donors (Lipinski definition) is 0. The second-order valence-electron chi connectivity index (χ2n) is 5.72. The summed E-state index contributed by atoms with van der Waals surface area (Å²) in [4.78, 5) is 23.2. The zero-order valence-electron chi connectivity index (χ0n) is 15.1. The van der Waals surface area contributed by atoms with Gasteiger partial charge in [0.05, 0.1) is 24.3 Å². The average molecular weight is 423 g/mol. The maximum absolute atomic E-state index is 11.6. The molecule has 6 nitrogen and oxygen atoms in total. The zero-order valence-corrected chi connectivity index (χ0v) is 16.6. The number of methoxy groups -OCH3 is 2. The number of fused-ring (bicyclic) bond motifs is 2. The molecule has 0 saturated carbocycles. The standard InChI is InChI=1S/C20H16Cl2O6/c1-25-15(23)9-27-19-11-5-3-4-6-12(11)20(28-10-16(24)26-2)17-13(19)7-8-14(21)18(17)22/h3-8H,9-10H2,1-2H3. The largest absolute Gasteiger partial charge is 0.481 e. The summed E-state index contributed by atoms with van der Waals surface area (Å²) in [5, 5.41) is 2.92. The topological polar surface area (TPSA) is 71.1 Å². The van der Waals surface area contributed by atoms with Crippen LogP contribution >= 0.6 is 23.2 Å². The van der Waals surface area contributed by atoms with E-state index in [1.807, 2.05) is 18.2 Å². The molecule has 146 valence electrons. The van der Waals surface area contributed by atoms with E-state index in [-0.39, 0.29) is 18.2 Å². The third-order valence-electron chi connectivity index (χ3n) is 4.11. The van der Waals surface area contributed by atoms with Crippen molar-refractivity contribution in [2.45, 2.75) is 0 Å². The molecule has 0 atom stereocenters. The van der Waals surface area contributed by atoms with Gasteiger partial charge in [-0.15, -0.1) is 0 Å². The summed E-state index contributed by atoms with van der Waals surface area (Å²) in [6, 6.07) is 10.6. The van der Waals surface area contributed by atoms with Gasteiger partial charge < -0.3 is 18.9 Å². The highest BCUT2D eigenvalue weighted by Crippen LogP contribution is 2.47. The van der Waals surface area contributed by atoms with Gasteiger partial charge in [0, 0.05) is 21.5 Å². The van der Waals surface area contributed by atoms with Crippen LogP contribution in [0.3, 0.4) is 0 Å². The van der Waals surface area contributed by atoms with Gasteiger partial charge in [-0.05, 0) is 12.1 Å². The SMILES string of the molecule is COC(=O)COc1c2ccccc2c(OCC(=O)OC)c2c(Cl)c(Cl)ccc12. The molecule has 3 aromatic carbocycles. The van der Waals surface area contributed by atoms with E-state index in [1.165, 1.54) is 14.2 Å². The molecule has 0 spiro atoms.